The summed E-state index contributed by atoms with van der Waals surface area (Å²) in [6.07, 6.45) is 0. The Morgan fingerprint density at radius 1 is 0.870 bits per heavy atom. The summed E-state index contributed by atoms with van der Waals surface area (Å²) < 4.78 is 5.40. The average molecular weight is 389 g/mol. The largest absolute Gasteiger partial charge is 0.391 e. The van der Waals surface area contributed by atoms with Crippen LogP contribution in [0.4, 0.5) is 0 Å². The molecule has 1 N–H and O–H groups in total. The summed E-state index contributed by atoms with van der Waals surface area (Å²) in [5.74, 6) is 0.401. The average Bonchev–Trinajstić information content (AvgIpc) is 2.93. The molecule has 0 aliphatic carbocycles. The Bertz CT molecular complexity index is 856. The molecule has 0 aliphatic rings. The molecule has 3 nitrogen and oxygen atoms in total. The molecule has 3 aromatic rings. The van der Waals surface area contributed by atoms with Crippen molar-refractivity contribution in [1.29, 1.82) is 0 Å². The van der Waals surface area contributed by atoms with Crippen LogP contribution in [0.15, 0.2) is 40.9 Å². The second kappa shape index (κ2) is 6.71. The fraction of sp³-hybridized carbons (Fsp3) is 0.0625. The van der Waals surface area contributed by atoms with Gasteiger partial charge in [0.25, 0.3) is 0 Å². The van der Waals surface area contributed by atoms with Crippen LogP contribution in [0.3, 0.4) is 0 Å². The lowest BCUT2D eigenvalue weighted by atomic mass is 10.0. The van der Waals surface area contributed by atoms with Gasteiger partial charge in [0.05, 0.1) is 22.2 Å². The van der Waals surface area contributed by atoms with Gasteiger partial charge in [0.15, 0.2) is 5.76 Å². The normalized spacial score (nSPS) is 11.0. The zero-order valence-electron chi connectivity index (χ0n) is 11.5. The Balaban J connectivity index is 2.14. The lowest BCUT2D eigenvalue weighted by molar-refractivity contribution is 0.281. The summed E-state index contributed by atoms with van der Waals surface area (Å²) in [6, 6.07) is 10.1. The Hall–Kier alpha value is -1.23. The van der Waals surface area contributed by atoms with Crippen LogP contribution in [-0.2, 0) is 6.61 Å². The van der Waals surface area contributed by atoms with Crippen molar-refractivity contribution in [1.82, 2.24) is 5.16 Å². The SMILES string of the molecule is OCc1c(-c2ccc(Cl)c(Cl)c2)noc1-c1cc(Cl)cc(Cl)c1. The van der Waals surface area contributed by atoms with Crippen molar-refractivity contribution >= 4 is 46.4 Å². The maximum Gasteiger partial charge on any atom is 0.173 e. The van der Waals surface area contributed by atoms with E-state index in [1.807, 2.05) is 0 Å². The molecule has 0 radical (unpaired) electrons. The molecule has 0 bridgehead atoms. The second-order valence-electron chi connectivity index (χ2n) is 4.78. The number of hydrogen-bond donors (Lipinski definition) is 1. The number of aromatic nitrogens is 1. The van der Waals surface area contributed by atoms with Gasteiger partial charge in [-0.3, -0.25) is 0 Å². The molecule has 0 amide bonds. The summed E-state index contributed by atoms with van der Waals surface area (Å²) in [7, 11) is 0. The minimum atomic E-state index is -0.265. The van der Waals surface area contributed by atoms with E-state index in [4.69, 9.17) is 50.9 Å². The fourth-order valence-corrected chi connectivity index (χ4v) is 3.06. The molecule has 118 valence electrons. The quantitative estimate of drug-likeness (QED) is 0.588. The van der Waals surface area contributed by atoms with Gasteiger partial charge in [-0.15, -0.1) is 0 Å². The number of hydrogen-bond acceptors (Lipinski definition) is 3. The third kappa shape index (κ3) is 3.35. The molecular weight excluding hydrogens is 380 g/mol. The molecule has 0 spiro atoms. The van der Waals surface area contributed by atoms with E-state index in [9.17, 15) is 5.11 Å². The van der Waals surface area contributed by atoms with Crippen LogP contribution in [0.2, 0.25) is 20.1 Å². The number of nitrogens with zero attached hydrogens (tertiary/aromatic N) is 1. The van der Waals surface area contributed by atoms with E-state index in [1.165, 1.54) is 0 Å². The van der Waals surface area contributed by atoms with Crippen LogP contribution in [0.5, 0.6) is 0 Å². The maximum atomic E-state index is 9.75. The Labute approximate surface area is 152 Å². The standard InChI is InChI=1S/C16H9Cl4NO2/c17-10-3-9(4-11(18)6-10)16-12(7-22)15(21-23-16)8-1-2-13(19)14(20)5-8/h1-6,22H,7H2. The van der Waals surface area contributed by atoms with E-state index in [1.54, 1.807) is 36.4 Å². The topological polar surface area (TPSA) is 46.3 Å². The van der Waals surface area contributed by atoms with E-state index >= 15 is 0 Å². The van der Waals surface area contributed by atoms with Crippen LogP contribution in [0.25, 0.3) is 22.6 Å². The number of rotatable bonds is 3. The van der Waals surface area contributed by atoms with Gasteiger partial charge < -0.3 is 9.63 Å². The molecule has 1 aromatic heterocycles. The predicted molar refractivity (Wildman–Crippen MR) is 93.3 cm³/mol. The molecule has 0 saturated carbocycles. The lowest BCUT2D eigenvalue weighted by Gasteiger charge is -2.04. The first-order chi connectivity index (χ1) is 11.0. The highest BCUT2D eigenvalue weighted by atomic mass is 35.5. The highest BCUT2D eigenvalue weighted by Gasteiger charge is 2.19. The molecule has 0 atom stereocenters. The smallest absolute Gasteiger partial charge is 0.173 e. The molecule has 0 saturated heterocycles. The fourth-order valence-electron chi connectivity index (χ4n) is 2.24. The van der Waals surface area contributed by atoms with Crippen molar-refractivity contribution in [3.63, 3.8) is 0 Å². The lowest BCUT2D eigenvalue weighted by Crippen LogP contribution is -1.89. The summed E-state index contributed by atoms with van der Waals surface area (Å²) in [4.78, 5) is 0. The van der Waals surface area contributed by atoms with E-state index in [0.29, 0.717) is 48.2 Å². The van der Waals surface area contributed by atoms with Crippen molar-refractivity contribution in [2.45, 2.75) is 6.61 Å². The number of halogens is 4. The molecule has 7 heteroatoms. The number of aliphatic hydroxyl groups is 1. The Morgan fingerprint density at radius 2 is 1.57 bits per heavy atom. The summed E-state index contributed by atoms with van der Waals surface area (Å²) in [5, 5.41) is 15.5. The predicted octanol–water partition coefficient (Wildman–Crippen LogP) is 6.11. The summed E-state index contributed by atoms with van der Waals surface area (Å²) >= 11 is 24.0. The molecule has 0 unspecified atom stereocenters. The molecular formula is C16H9Cl4NO2. The third-order valence-electron chi connectivity index (χ3n) is 3.26. The van der Waals surface area contributed by atoms with Crippen molar-refractivity contribution in [2.75, 3.05) is 0 Å². The summed E-state index contributed by atoms with van der Waals surface area (Å²) in [5.41, 5.74) is 2.32. The van der Waals surface area contributed by atoms with E-state index in [-0.39, 0.29) is 6.61 Å². The Morgan fingerprint density at radius 3 is 2.17 bits per heavy atom. The van der Waals surface area contributed by atoms with Gasteiger partial charge in [0, 0.05) is 21.2 Å². The Kier molecular flexibility index (Phi) is 4.85. The van der Waals surface area contributed by atoms with Crippen molar-refractivity contribution in [3.05, 3.63) is 62.1 Å². The van der Waals surface area contributed by atoms with Crippen LogP contribution in [0, 0.1) is 0 Å². The number of benzene rings is 2. The van der Waals surface area contributed by atoms with E-state index < -0.39 is 0 Å². The van der Waals surface area contributed by atoms with Crippen LogP contribution >= 0.6 is 46.4 Å². The van der Waals surface area contributed by atoms with E-state index in [2.05, 4.69) is 5.16 Å². The first-order valence-corrected chi connectivity index (χ1v) is 8.02. The maximum absolute atomic E-state index is 9.75. The van der Waals surface area contributed by atoms with Crippen LogP contribution in [0.1, 0.15) is 5.56 Å². The van der Waals surface area contributed by atoms with Gasteiger partial charge in [-0.2, -0.15) is 0 Å². The summed E-state index contributed by atoms with van der Waals surface area (Å²) in [6.45, 7) is -0.265. The molecule has 3 rings (SSSR count). The first kappa shape index (κ1) is 16.6. The van der Waals surface area contributed by atoms with E-state index in [0.717, 1.165) is 0 Å². The highest BCUT2D eigenvalue weighted by molar-refractivity contribution is 6.42. The minimum absolute atomic E-state index is 0.265. The molecule has 2 aromatic carbocycles. The van der Waals surface area contributed by atoms with Gasteiger partial charge in [0.1, 0.15) is 5.69 Å². The zero-order chi connectivity index (χ0) is 16.6. The van der Waals surface area contributed by atoms with Crippen LogP contribution < -0.4 is 0 Å². The molecule has 23 heavy (non-hydrogen) atoms. The van der Waals surface area contributed by atoms with Gasteiger partial charge in [-0.1, -0.05) is 57.6 Å². The van der Waals surface area contributed by atoms with Crippen LogP contribution in [-0.4, -0.2) is 10.3 Å². The minimum Gasteiger partial charge on any atom is -0.391 e. The molecule has 1 heterocycles. The van der Waals surface area contributed by atoms with Gasteiger partial charge in [-0.25, -0.2) is 0 Å². The zero-order valence-corrected chi connectivity index (χ0v) is 14.5. The second-order valence-corrected chi connectivity index (χ2v) is 6.47. The molecule has 0 fully saturated rings. The van der Waals surface area contributed by atoms with Crippen molar-refractivity contribution < 1.29 is 9.63 Å². The van der Waals surface area contributed by atoms with Gasteiger partial charge >= 0.3 is 0 Å². The highest BCUT2D eigenvalue weighted by Crippen LogP contribution is 2.36. The van der Waals surface area contributed by atoms with Gasteiger partial charge in [0.2, 0.25) is 0 Å². The molecule has 0 aliphatic heterocycles. The van der Waals surface area contributed by atoms with Crippen molar-refractivity contribution in [3.8, 4) is 22.6 Å². The van der Waals surface area contributed by atoms with Crippen molar-refractivity contribution in [2.24, 2.45) is 0 Å². The number of aliphatic hydroxyl groups excluding tert-OH is 1. The first-order valence-electron chi connectivity index (χ1n) is 6.51. The third-order valence-corrected chi connectivity index (χ3v) is 4.44. The van der Waals surface area contributed by atoms with Gasteiger partial charge in [-0.05, 0) is 30.3 Å². The monoisotopic (exact) mass is 387 g/mol.